The van der Waals surface area contributed by atoms with Crippen molar-refractivity contribution in [3.63, 3.8) is 0 Å². The van der Waals surface area contributed by atoms with E-state index in [0.717, 1.165) is 11.1 Å². The first kappa shape index (κ1) is 21.3. The molecular formula is C24H27N3O3. The fraction of sp³-hybridized carbons (Fsp3) is 0.292. The molecule has 0 aliphatic heterocycles. The Kier molecular flexibility index (Phi) is 6.35. The highest BCUT2D eigenvalue weighted by molar-refractivity contribution is 5.98. The van der Waals surface area contributed by atoms with Gasteiger partial charge in [-0.3, -0.25) is 9.48 Å². The first-order chi connectivity index (χ1) is 14.2. The highest BCUT2D eigenvalue weighted by Crippen LogP contribution is 2.18. The Hall–Kier alpha value is -3.41. The Balaban J connectivity index is 1.68. The summed E-state index contributed by atoms with van der Waals surface area (Å²) in [5, 5.41) is 7.25. The number of ether oxygens (including phenoxy) is 1. The molecule has 0 aliphatic carbocycles. The summed E-state index contributed by atoms with van der Waals surface area (Å²) < 4.78 is 7.22. The van der Waals surface area contributed by atoms with Crippen LogP contribution in [-0.4, -0.2) is 27.8 Å². The van der Waals surface area contributed by atoms with E-state index in [4.69, 9.17) is 4.74 Å². The third kappa shape index (κ3) is 4.95. The molecular weight excluding hydrogens is 378 g/mol. The highest BCUT2D eigenvalue weighted by Gasteiger charge is 2.24. The lowest BCUT2D eigenvalue weighted by molar-refractivity contribution is -0.123. The first-order valence-corrected chi connectivity index (χ1v) is 9.92. The van der Waals surface area contributed by atoms with Gasteiger partial charge >= 0.3 is 5.97 Å². The van der Waals surface area contributed by atoms with Gasteiger partial charge < -0.3 is 10.1 Å². The van der Waals surface area contributed by atoms with Crippen LogP contribution in [0.4, 0.5) is 5.69 Å². The summed E-state index contributed by atoms with van der Waals surface area (Å²) >= 11 is 0. The normalized spacial score (nSPS) is 11.8. The van der Waals surface area contributed by atoms with Crippen LogP contribution in [0.1, 0.15) is 45.4 Å². The van der Waals surface area contributed by atoms with E-state index in [-0.39, 0.29) is 5.91 Å². The second kappa shape index (κ2) is 8.95. The average Bonchev–Trinajstić information content (AvgIpc) is 2.98. The summed E-state index contributed by atoms with van der Waals surface area (Å²) in [4.78, 5) is 25.2. The van der Waals surface area contributed by atoms with Crippen molar-refractivity contribution < 1.29 is 14.3 Å². The van der Waals surface area contributed by atoms with Crippen molar-refractivity contribution in [1.29, 1.82) is 0 Å². The van der Waals surface area contributed by atoms with E-state index in [1.807, 2.05) is 69.3 Å². The molecule has 0 unspecified atom stereocenters. The minimum absolute atomic E-state index is 0.380. The summed E-state index contributed by atoms with van der Waals surface area (Å²) in [5.74, 6) is -0.929. The maximum absolute atomic E-state index is 12.8. The summed E-state index contributed by atoms with van der Waals surface area (Å²) in [7, 11) is 0. The predicted molar refractivity (Wildman–Crippen MR) is 117 cm³/mol. The standard InChI is InChI=1S/C24H27N3O3/c1-15-6-10-20(11-7-15)14-27-18(4)22(17(3)26-27)24(29)30-19(5)23(28)25-21-12-8-16(2)9-13-21/h6-13,19H,14H2,1-5H3,(H,25,28)/t19-/m1/s1. The van der Waals surface area contributed by atoms with E-state index in [9.17, 15) is 9.59 Å². The number of anilines is 1. The molecule has 0 bridgehead atoms. The van der Waals surface area contributed by atoms with Crippen molar-refractivity contribution in [3.8, 4) is 0 Å². The van der Waals surface area contributed by atoms with E-state index < -0.39 is 12.1 Å². The quantitative estimate of drug-likeness (QED) is 0.619. The van der Waals surface area contributed by atoms with Gasteiger partial charge in [-0.2, -0.15) is 5.10 Å². The Labute approximate surface area is 176 Å². The third-order valence-corrected chi connectivity index (χ3v) is 5.01. The SMILES string of the molecule is Cc1ccc(Cn2nc(C)c(C(=O)O[C@H](C)C(=O)Nc3ccc(C)cc3)c2C)cc1. The number of esters is 1. The summed E-state index contributed by atoms with van der Waals surface area (Å²) in [6.07, 6.45) is -0.932. The third-order valence-electron chi connectivity index (χ3n) is 5.01. The number of rotatable bonds is 6. The second-order valence-corrected chi connectivity index (χ2v) is 7.59. The lowest BCUT2D eigenvalue weighted by Gasteiger charge is -2.14. The fourth-order valence-corrected chi connectivity index (χ4v) is 3.17. The lowest BCUT2D eigenvalue weighted by Crippen LogP contribution is -2.30. The number of benzene rings is 2. The second-order valence-electron chi connectivity index (χ2n) is 7.59. The zero-order valence-corrected chi connectivity index (χ0v) is 18.0. The van der Waals surface area contributed by atoms with Gasteiger partial charge in [0.25, 0.3) is 5.91 Å². The number of hydrogen-bond donors (Lipinski definition) is 1. The van der Waals surface area contributed by atoms with Gasteiger partial charge in [0.05, 0.1) is 17.9 Å². The Bertz CT molecular complexity index is 1050. The number of nitrogens with one attached hydrogen (secondary N) is 1. The molecule has 6 heteroatoms. The minimum Gasteiger partial charge on any atom is -0.449 e. The van der Waals surface area contributed by atoms with Crippen molar-refractivity contribution in [2.45, 2.75) is 47.3 Å². The van der Waals surface area contributed by atoms with Crippen molar-refractivity contribution in [2.24, 2.45) is 0 Å². The van der Waals surface area contributed by atoms with Gasteiger partial charge in [0.15, 0.2) is 6.10 Å². The smallest absolute Gasteiger partial charge is 0.342 e. The fourth-order valence-electron chi connectivity index (χ4n) is 3.17. The molecule has 3 rings (SSSR count). The van der Waals surface area contributed by atoms with Crippen LogP contribution >= 0.6 is 0 Å². The number of hydrogen-bond acceptors (Lipinski definition) is 4. The molecule has 0 saturated carbocycles. The van der Waals surface area contributed by atoms with E-state index in [2.05, 4.69) is 10.4 Å². The number of aromatic nitrogens is 2. The molecule has 0 saturated heterocycles. The monoisotopic (exact) mass is 405 g/mol. The van der Waals surface area contributed by atoms with E-state index >= 15 is 0 Å². The van der Waals surface area contributed by atoms with Gasteiger partial charge in [0.2, 0.25) is 0 Å². The van der Waals surface area contributed by atoms with Crippen LogP contribution in [0.15, 0.2) is 48.5 Å². The molecule has 0 radical (unpaired) electrons. The number of carbonyl (C=O) groups is 2. The average molecular weight is 405 g/mol. The number of aryl methyl sites for hydroxylation is 3. The zero-order valence-electron chi connectivity index (χ0n) is 18.0. The number of amides is 1. The molecule has 1 N–H and O–H groups in total. The molecule has 156 valence electrons. The van der Waals surface area contributed by atoms with Crippen LogP contribution in [0.25, 0.3) is 0 Å². The Morgan fingerprint density at radius 2 is 1.53 bits per heavy atom. The summed E-state index contributed by atoms with van der Waals surface area (Å²) in [5.41, 5.74) is 5.73. The van der Waals surface area contributed by atoms with Gasteiger partial charge in [0, 0.05) is 5.69 Å². The first-order valence-electron chi connectivity index (χ1n) is 9.92. The molecule has 0 aliphatic rings. The molecule has 6 nitrogen and oxygen atoms in total. The van der Waals surface area contributed by atoms with Crippen LogP contribution in [0.2, 0.25) is 0 Å². The maximum Gasteiger partial charge on any atom is 0.342 e. The van der Waals surface area contributed by atoms with Crippen molar-refractivity contribution in [2.75, 3.05) is 5.32 Å². The minimum atomic E-state index is -0.932. The van der Waals surface area contributed by atoms with Crippen LogP contribution in [0.3, 0.4) is 0 Å². The van der Waals surface area contributed by atoms with Crippen molar-refractivity contribution >= 4 is 17.6 Å². The predicted octanol–water partition coefficient (Wildman–Crippen LogP) is 4.35. The molecule has 1 aromatic heterocycles. The highest BCUT2D eigenvalue weighted by atomic mass is 16.5. The maximum atomic E-state index is 12.8. The van der Waals surface area contributed by atoms with Gasteiger partial charge in [-0.05, 0) is 52.3 Å². The van der Waals surface area contributed by atoms with Crippen LogP contribution in [0.5, 0.6) is 0 Å². The molecule has 0 spiro atoms. The number of carbonyl (C=O) groups excluding carboxylic acids is 2. The molecule has 1 heterocycles. The molecule has 2 aromatic carbocycles. The van der Waals surface area contributed by atoms with Crippen molar-refractivity contribution in [3.05, 3.63) is 82.2 Å². The van der Waals surface area contributed by atoms with E-state index in [1.54, 1.807) is 18.5 Å². The van der Waals surface area contributed by atoms with Gasteiger partial charge in [-0.15, -0.1) is 0 Å². The molecule has 1 amide bonds. The molecule has 30 heavy (non-hydrogen) atoms. The molecule has 3 aromatic rings. The Morgan fingerprint density at radius 1 is 0.967 bits per heavy atom. The van der Waals surface area contributed by atoms with E-state index in [1.165, 1.54) is 5.56 Å². The van der Waals surface area contributed by atoms with E-state index in [0.29, 0.717) is 29.2 Å². The molecule has 0 fully saturated rings. The van der Waals surface area contributed by atoms with Gasteiger partial charge in [0.1, 0.15) is 5.56 Å². The summed E-state index contributed by atoms with van der Waals surface area (Å²) in [6.45, 7) is 9.73. The molecule has 1 atom stereocenters. The topological polar surface area (TPSA) is 73.2 Å². The summed E-state index contributed by atoms with van der Waals surface area (Å²) in [6, 6.07) is 15.6. The van der Waals surface area contributed by atoms with Crippen LogP contribution in [0, 0.1) is 27.7 Å². The van der Waals surface area contributed by atoms with Crippen molar-refractivity contribution in [1.82, 2.24) is 9.78 Å². The largest absolute Gasteiger partial charge is 0.449 e. The zero-order chi connectivity index (χ0) is 21.8. The van der Waals surface area contributed by atoms with Gasteiger partial charge in [-0.1, -0.05) is 47.5 Å². The van der Waals surface area contributed by atoms with Crippen LogP contribution < -0.4 is 5.32 Å². The van der Waals surface area contributed by atoms with Gasteiger partial charge in [-0.25, -0.2) is 4.79 Å². The Morgan fingerprint density at radius 3 is 2.13 bits per heavy atom. The number of nitrogens with zero attached hydrogens (tertiary/aromatic N) is 2. The van der Waals surface area contributed by atoms with Crippen LogP contribution in [-0.2, 0) is 16.1 Å². The lowest BCUT2D eigenvalue weighted by atomic mass is 10.1.